The van der Waals surface area contributed by atoms with Crippen LogP contribution in [0, 0.1) is 37.0 Å². The number of rotatable bonds is 4. The maximum Gasteiger partial charge on any atom is 0.224 e. The third kappa shape index (κ3) is 3.48. The standard InChI is InChI=1S/C27H35N3O/c1-18-8-24(30-7-6-29-5-3-4-23(29)17-30)9-19(2)26(18)28-25(31)16-27-13-20-10-21(14-27)12-22(11-20)15-27/h3-5,8-9,20-22H,6-7,10-17H2,1-2H3,(H,28,31). The number of carbonyl (C=O) groups is 1. The molecule has 31 heavy (non-hydrogen) atoms. The molecule has 0 saturated heterocycles. The molecule has 2 heterocycles. The van der Waals surface area contributed by atoms with Crippen LogP contribution in [0.1, 0.15) is 61.8 Å². The zero-order valence-electron chi connectivity index (χ0n) is 19.0. The highest BCUT2D eigenvalue weighted by molar-refractivity contribution is 5.93. The molecule has 0 spiro atoms. The van der Waals surface area contributed by atoms with Gasteiger partial charge in [0.2, 0.25) is 5.91 Å². The molecule has 4 fully saturated rings. The molecule has 4 saturated carbocycles. The number of amides is 1. The second-order valence-corrected chi connectivity index (χ2v) is 11.2. The number of carbonyl (C=O) groups excluding carboxylic acids is 1. The first-order valence-electron chi connectivity index (χ1n) is 12.3. The van der Waals surface area contributed by atoms with Crippen molar-refractivity contribution in [1.82, 2.24) is 4.57 Å². The largest absolute Gasteiger partial charge is 0.364 e. The molecule has 4 heteroatoms. The molecule has 4 bridgehead atoms. The van der Waals surface area contributed by atoms with Gasteiger partial charge in [-0.25, -0.2) is 0 Å². The van der Waals surface area contributed by atoms with Crippen molar-refractivity contribution in [2.75, 3.05) is 16.8 Å². The van der Waals surface area contributed by atoms with Gasteiger partial charge < -0.3 is 14.8 Å². The minimum absolute atomic E-state index is 0.233. The van der Waals surface area contributed by atoms with E-state index in [9.17, 15) is 4.79 Å². The lowest BCUT2D eigenvalue weighted by molar-refractivity contribution is -0.124. The summed E-state index contributed by atoms with van der Waals surface area (Å²) in [6.07, 6.45) is 11.1. The van der Waals surface area contributed by atoms with Gasteiger partial charge in [-0.15, -0.1) is 0 Å². The van der Waals surface area contributed by atoms with Crippen LogP contribution in [-0.4, -0.2) is 17.0 Å². The van der Waals surface area contributed by atoms with E-state index in [4.69, 9.17) is 0 Å². The minimum Gasteiger partial charge on any atom is -0.364 e. The molecule has 0 unspecified atom stereocenters. The van der Waals surface area contributed by atoms with Crippen LogP contribution >= 0.6 is 0 Å². The number of aromatic nitrogens is 1. The highest BCUT2D eigenvalue weighted by Crippen LogP contribution is 2.61. The van der Waals surface area contributed by atoms with Crippen LogP contribution in [0.4, 0.5) is 11.4 Å². The van der Waals surface area contributed by atoms with Gasteiger partial charge in [0.05, 0.1) is 6.54 Å². The molecule has 4 nitrogen and oxygen atoms in total. The van der Waals surface area contributed by atoms with Crippen molar-refractivity contribution in [1.29, 1.82) is 0 Å². The molecule has 7 rings (SSSR count). The Bertz CT molecular complexity index is 961. The number of nitrogens with one attached hydrogen (secondary N) is 1. The molecular formula is C27H35N3O. The van der Waals surface area contributed by atoms with Crippen molar-refractivity contribution in [2.45, 2.75) is 71.9 Å². The molecular weight excluding hydrogens is 382 g/mol. The van der Waals surface area contributed by atoms with Crippen LogP contribution in [-0.2, 0) is 17.9 Å². The molecule has 164 valence electrons. The summed E-state index contributed by atoms with van der Waals surface area (Å²) in [5.74, 6) is 2.92. The maximum absolute atomic E-state index is 13.2. The van der Waals surface area contributed by atoms with Crippen molar-refractivity contribution in [3.05, 3.63) is 47.3 Å². The van der Waals surface area contributed by atoms with E-state index in [2.05, 4.69) is 59.1 Å². The molecule has 5 aliphatic rings. The summed E-state index contributed by atoms with van der Waals surface area (Å²) < 4.78 is 2.34. The fourth-order valence-electron chi connectivity index (χ4n) is 7.89. The van der Waals surface area contributed by atoms with E-state index in [1.54, 1.807) is 0 Å². The van der Waals surface area contributed by atoms with Gasteiger partial charge in [-0.2, -0.15) is 0 Å². The summed E-state index contributed by atoms with van der Waals surface area (Å²) >= 11 is 0. The summed E-state index contributed by atoms with van der Waals surface area (Å²) in [5, 5.41) is 3.33. The van der Waals surface area contributed by atoms with Gasteiger partial charge in [0.1, 0.15) is 0 Å². The van der Waals surface area contributed by atoms with Crippen molar-refractivity contribution in [3.8, 4) is 0 Å². The summed E-state index contributed by atoms with van der Waals surface area (Å²) in [7, 11) is 0. The monoisotopic (exact) mass is 417 g/mol. The lowest BCUT2D eigenvalue weighted by Gasteiger charge is -2.56. The van der Waals surface area contributed by atoms with Crippen molar-refractivity contribution < 1.29 is 4.79 Å². The van der Waals surface area contributed by atoms with Crippen LogP contribution in [0.2, 0.25) is 0 Å². The number of hydrogen-bond acceptors (Lipinski definition) is 2. The van der Waals surface area contributed by atoms with Gasteiger partial charge in [-0.05, 0) is 111 Å². The maximum atomic E-state index is 13.2. The highest BCUT2D eigenvalue weighted by atomic mass is 16.1. The van der Waals surface area contributed by atoms with E-state index in [1.165, 1.54) is 61.0 Å². The Morgan fingerprint density at radius 2 is 1.68 bits per heavy atom. The lowest BCUT2D eigenvalue weighted by Crippen LogP contribution is -2.47. The van der Waals surface area contributed by atoms with Gasteiger partial charge in [0.15, 0.2) is 0 Å². The summed E-state index contributed by atoms with van der Waals surface area (Å²) in [6.45, 7) is 7.29. The highest BCUT2D eigenvalue weighted by Gasteiger charge is 2.51. The van der Waals surface area contributed by atoms with E-state index in [0.29, 0.717) is 5.41 Å². The van der Waals surface area contributed by atoms with E-state index >= 15 is 0 Å². The van der Waals surface area contributed by atoms with Gasteiger partial charge in [0.25, 0.3) is 0 Å². The SMILES string of the molecule is Cc1cc(N2CCn3cccc3C2)cc(C)c1NC(=O)CC12CC3CC(CC(C3)C1)C2. The average molecular weight is 418 g/mol. The fourth-order valence-corrected chi connectivity index (χ4v) is 7.89. The normalized spacial score (nSPS) is 31.0. The van der Waals surface area contributed by atoms with Crippen LogP contribution < -0.4 is 10.2 Å². The first-order valence-corrected chi connectivity index (χ1v) is 12.3. The van der Waals surface area contributed by atoms with Crippen LogP contribution in [0.15, 0.2) is 30.5 Å². The molecule has 0 radical (unpaired) electrons. The van der Waals surface area contributed by atoms with Gasteiger partial charge in [0, 0.05) is 42.8 Å². The zero-order chi connectivity index (χ0) is 21.2. The smallest absolute Gasteiger partial charge is 0.224 e. The fraction of sp³-hybridized carbons (Fsp3) is 0.593. The summed E-state index contributed by atoms with van der Waals surface area (Å²) in [4.78, 5) is 15.6. The first-order chi connectivity index (χ1) is 15.0. The second kappa shape index (κ2) is 7.15. The molecule has 1 aromatic carbocycles. The number of anilines is 2. The van der Waals surface area contributed by atoms with Crippen molar-refractivity contribution in [2.24, 2.45) is 23.2 Å². The number of hydrogen-bond donors (Lipinski definition) is 1. The predicted octanol–water partition coefficient (Wildman–Crippen LogP) is 5.67. The predicted molar refractivity (Wildman–Crippen MR) is 125 cm³/mol. The molecule has 0 atom stereocenters. The molecule has 2 aromatic rings. The second-order valence-electron chi connectivity index (χ2n) is 11.2. The van der Waals surface area contributed by atoms with E-state index in [-0.39, 0.29) is 5.91 Å². The van der Waals surface area contributed by atoms with Crippen molar-refractivity contribution >= 4 is 17.3 Å². The number of benzene rings is 1. The Kier molecular flexibility index (Phi) is 4.49. The Morgan fingerprint density at radius 3 is 2.32 bits per heavy atom. The molecule has 4 aliphatic carbocycles. The average Bonchev–Trinajstić information content (AvgIpc) is 3.17. The van der Waals surface area contributed by atoms with Gasteiger partial charge in [-0.3, -0.25) is 4.79 Å². The number of fused-ring (bicyclic) bond motifs is 1. The van der Waals surface area contributed by atoms with E-state index < -0.39 is 0 Å². The Morgan fingerprint density at radius 1 is 1.03 bits per heavy atom. The zero-order valence-corrected chi connectivity index (χ0v) is 19.0. The Hall–Kier alpha value is -2.23. The number of aryl methyl sites for hydroxylation is 2. The minimum atomic E-state index is 0.233. The quantitative estimate of drug-likeness (QED) is 0.696. The van der Waals surface area contributed by atoms with Crippen molar-refractivity contribution in [3.63, 3.8) is 0 Å². The van der Waals surface area contributed by atoms with Gasteiger partial charge >= 0.3 is 0 Å². The third-order valence-corrected chi connectivity index (χ3v) is 8.73. The van der Waals surface area contributed by atoms with E-state index in [0.717, 1.165) is 49.5 Å². The summed E-state index contributed by atoms with van der Waals surface area (Å²) in [6, 6.07) is 8.86. The molecule has 1 aromatic heterocycles. The lowest BCUT2D eigenvalue weighted by atomic mass is 9.49. The molecule has 1 N–H and O–H groups in total. The summed E-state index contributed by atoms with van der Waals surface area (Å²) in [5.41, 5.74) is 6.31. The van der Waals surface area contributed by atoms with Gasteiger partial charge in [-0.1, -0.05) is 0 Å². The topological polar surface area (TPSA) is 37.3 Å². The van der Waals surface area contributed by atoms with Crippen LogP contribution in [0.5, 0.6) is 0 Å². The van der Waals surface area contributed by atoms with Crippen LogP contribution in [0.3, 0.4) is 0 Å². The van der Waals surface area contributed by atoms with Crippen LogP contribution in [0.25, 0.3) is 0 Å². The Labute approximate surface area is 186 Å². The third-order valence-electron chi connectivity index (χ3n) is 8.73. The molecule has 1 amide bonds. The Balaban J connectivity index is 1.17. The van der Waals surface area contributed by atoms with E-state index in [1.807, 2.05) is 0 Å². The molecule has 1 aliphatic heterocycles. The first kappa shape index (κ1) is 19.5. The number of nitrogens with zero attached hydrogens (tertiary/aromatic N) is 2.